The molecule has 0 atom stereocenters. The van der Waals surface area contributed by atoms with Crippen LogP contribution in [0.15, 0.2) is 23.0 Å². The van der Waals surface area contributed by atoms with Crippen LogP contribution in [0.25, 0.3) is 15.9 Å². The topological polar surface area (TPSA) is 37.8 Å². The predicted octanol–water partition coefficient (Wildman–Crippen LogP) is 4.22. The van der Waals surface area contributed by atoms with E-state index in [1.165, 1.54) is 10.4 Å². The Morgan fingerprint density at radius 3 is 2.91 bits per heavy atom. The molecule has 0 fully saturated rings. The van der Waals surface area contributed by atoms with E-state index >= 15 is 0 Å². The Balaban J connectivity index is 2.13. The van der Waals surface area contributed by atoms with Crippen molar-refractivity contribution in [2.24, 2.45) is 0 Å². The van der Waals surface area contributed by atoms with E-state index in [1.54, 1.807) is 15.9 Å². The molecule has 0 saturated heterocycles. The van der Waals surface area contributed by atoms with Gasteiger partial charge < -0.3 is 4.98 Å². The number of aromatic nitrogens is 2. The number of hydrogen-bond donors (Lipinski definition) is 1. The fourth-order valence-corrected chi connectivity index (χ4v) is 4.88. The predicted molar refractivity (Wildman–Crippen MR) is 94.1 cm³/mol. The van der Waals surface area contributed by atoms with E-state index in [9.17, 15) is 4.79 Å². The van der Waals surface area contributed by atoms with Gasteiger partial charge in [-0.1, -0.05) is 12.1 Å². The summed E-state index contributed by atoms with van der Waals surface area (Å²) in [5, 5.41) is 0.840. The monoisotopic (exact) mass is 328 g/mol. The second kappa shape index (κ2) is 4.89. The maximum Gasteiger partial charge on any atom is 0.267 e. The smallest absolute Gasteiger partial charge is 0.267 e. The highest BCUT2D eigenvalue weighted by Gasteiger charge is 2.22. The summed E-state index contributed by atoms with van der Waals surface area (Å²) in [6.07, 6.45) is 3.23. The van der Waals surface area contributed by atoms with Crippen molar-refractivity contribution < 1.29 is 0 Å². The molecule has 1 N–H and O–H groups in total. The number of H-pyrrole nitrogens is 1. The zero-order valence-electron chi connectivity index (χ0n) is 12.5. The summed E-state index contributed by atoms with van der Waals surface area (Å²) in [7, 11) is 0. The van der Waals surface area contributed by atoms with E-state index in [4.69, 9.17) is 12.2 Å². The molecule has 2 heterocycles. The lowest BCUT2D eigenvalue weighted by molar-refractivity contribution is 0.907. The number of nitrogens with zero attached hydrogens (tertiary/aromatic N) is 1. The van der Waals surface area contributed by atoms with Gasteiger partial charge in [-0.15, -0.1) is 11.3 Å². The first-order chi connectivity index (χ1) is 10.6. The third kappa shape index (κ3) is 1.92. The minimum atomic E-state index is 0.0202. The van der Waals surface area contributed by atoms with E-state index in [-0.39, 0.29) is 5.56 Å². The van der Waals surface area contributed by atoms with Crippen LogP contribution in [0.4, 0.5) is 0 Å². The molecule has 1 aromatic carbocycles. The largest absolute Gasteiger partial charge is 0.323 e. The molecule has 0 aliphatic heterocycles. The van der Waals surface area contributed by atoms with Crippen LogP contribution in [0.5, 0.6) is 0 Å². The number of aryl methyl sites for hydroxylation is 4. The van der Waals surface area contributed by atoms with Crippen molar-refractivity contribution in [3.63, 3.8) is 0 Å². The Kier molecular flexibility index (Phi) is 3.09. The first-order valence-corrected chi connectivity index (χ1v) is 8.66. The van der Waals surface area contributed by atoms with E-state index in [2.05, 4.69) is 11.1 Å². The average Bonchev–Trinajstić information content (AvgIpc) is 3.02. The Hall–Kier alpha value is -1.72. The van der Waals surface area contributed by atoms with Gasteiger partial charge >= 0.3 is 0 Å². The van der Waals surface area contributed by atoms with Crippen LogP contribution in [0.1, 0.15) is 28.0 Å². The van der Waals surface area contributed by atoms with Crippen LogP contribution in [-0.2, 0) is 12.8 Å². The second-order valence-electron chi connectivity index (χ2n) is 5.92. The number of aromatic amines is 1. The van der Waals surface area contributed by atoms with E-state index in [0.717, 1.165) is 46.3 Å². The lowest BCUT2D eigenvalue weighted by Gasteiger charge is -2.11. The van der Waals surface area contributed by atoms with Crippen molar-refractivity contribution in [1.82, 2.24) is 9.55 Å². The molecule has 0 spiro atoms. The van der Waals surface area contributed by atoms with Gasteiger partial charge in [-0.2, -0.15) is 0 Å². The highest BCUT2D eigenvalue weighted by molar-refractivity contribution is 7.71. The van der Waals surface area contributed by atoms with Crippen molar-refractivity contribution in [3.05, 3.63) is 54.9 Å². The van der Waals surface area contributed by atoms with Crippen LogP contribution >= 0.6 is 23.6 Å². The molecule has 112 valence electrons. The average molecular weight is 328 g/mol. The Bertz CT molecular complexity index is 1020. The molecule has 0 bridgehead atoms. The zero-order chi connectivity index (χ0) is 15.4. The quantitative estimate of drug-likeness (QED) is 0.679. The number of thiophene rings is 1. The van der Waals surface area contributed by atoms with Gasteiger partial charge in [0.25, 0.3) is 5.56 Å². The van der Waals surface area contributed by atoms with Gasteiger partial charge in [0.05, 0.1) is 11.1 Å². The normalized spacial score (nSPS) is 13.7. The van der Waals surface area contributed by atoms with Gasteiger partial charge in [-0.05, 0) is 68.1 Å². The minimum Gasteiger partial charge on any atom is -0.323 e. The molecule has 2 aromatic heterocycles. The first-order valence-electron chi connectivity index (χ1n) is 7.43. The van der Waals surface area contributed by atoms with Gasteiger partial charge in [0, 0.05) is 4.88 Å². The van der Waals surface area contributed by atoms with Crippen LogP contribution < -0.4 is 5.56 Å². The number of fused-ring (bicyclic) bond motifs is 3. The molecule has 1 aliphatic carbocycles. The molecule has 22 heavy (non-hydrogen) atoms. The molecule has 0 amide bonds. The van der Waals surface area contributed by atoms with E-state index in [1.807, 2.05) is 26.0 Å². The van der Waals surface area contributed by atoms with Gasteiger partial charge in [-0.3, -0.25) is 9.36 Å². The second-order valence-corrected chi connectivity index (χ2v) is 7.41. The van der Waals surface area contributed by atoms with Gasteiger partial charge in [-0.25, -0.2) is 0 Å². The molecule has 4 rings (SSSR count). The van der Waals surface area contributed by atoms with E-state index < -0.39 is 0 Å². The third-order valence-electron chi connectivity index (χ3n) is 4.37. The lowest BCUT2D eigenvalue weighted by Crippen LogP contribution is -2.21. The number of benzene rings is 1. The Morgan fingerprint density at radius 1 is 1.27 bits per heavy atom. The van der Waals surface area contributed by atoms with E-state index in [0.29, 0.717) is 4.77 Å². The fraction of sp³-hybridized carbons (Fsp3) is 0.294. The Labute approximate surface area is 137 Å². The van der Waals surface area contributed by atoms with Crippen LogP contribution in [0, 0.1) is 18.6 Å². The lowest BCUT2D eigenvalue weighted by atomic mass is 10.1. The third-order valence-corrected chi connectivity index (χ3v) is 5.86. The molecular formula is C17H16N2OS2. The van der Waals surface area contributed by atoms with Crippen LogP contribution in [-0.4, -0.2) is 9.55 Å². The summed E-state index contributed by atoms with van der Waals surface area (Å²) in [5.41, 5.74) is 4.31. The van der Waals surface area contributed by atoms with Crippen molar-refractivity contribution in [2.45, 2.75) is 33.1 Å². The summed E-state index contributed by atoms with van der Waals surface area (Å²) in [6, 6.07) is 6.12. The molecule has 3 nitrogen and oxygen atoms in total. The number of nitrogens with one attached hydrogen (secondary N) is 1. The SMILES string of the molecule is Cc1ccc(C)c(-n2c(=S)[nH]c3sc4c(c3c2=O)CCC4)c1. The highest BCUT2D eigenvalue weighted by Crippen LogP contribution is 2.34. The summed E-state index contributed by atoms with van der Waals surface area (Å²) in [6.45, 7) is 4.04. The number of hydrogen-bond acceptors (Lipinski definition) is 3. The van der Waals surface area contributed by atoms with Crippen molar-refractivity contribution in [1.29, 1.82) is 0 Å². The molecule has 1 aliphatic rings. The number of rotatable bonds is 1. The summed E-state index contributed by atoms with van der Waals surface area (Å²) in [5.74, 6) is 0. The highest BCUT2D eigenvalue weighted by atomic mass is 32.1. The van der Waals surface area contributed by atoms with Crippen LogP contribution in [0.2, 0.25) is 0 Å². The summed E-state index contributed by atoms with van der Waals surface area (Å²) < 4.78 is 2.14. The van der Waals surface area contributed by atoms with Gasteiger partial charge in [0.2, 0.25) is 0 Å². The van der Waals surface area contributed by atoms with Crippen molar-refractivity contribution in [2.75, 3.05) is 0 Å². The van der Waals surface area contributed by atoms with Crippen molar-refractivity contribution >= 4 is 33.8 Å². The maximum absolute atomic E-state index is 13.1. The summed E-state index contributed by atoms with van der Waals surface area (Å²) >= 11 is 7.16. The zero-order valence-corrected chi connectivity index (χ0v) is 14.2. The molecular weight excluding hydrogens is 312 g/mol. The molecule has 0 saturated carbocycles. The van der Waals surface area contributed by atoms with Gasteiger partial charge in [0.15, 0.2) is 4.77 Å². The minimum absolute atomic E-state index is 0.0202. The van der Waals surface area contributed by atoms with Crippen molar-refractivity contribution in [3.8, 4) is 5.69 Å². The molecule has 5 heteroatoms. The Morgan fingerprint density at radius 2 is 2.09 bits per heavy atom. The summed E-state index contributed by atoms with van der Waals surface area (Å²) in [4.78, 5) is 18.7. The molecule has 0 unspecified atom stereocenters. The first kappa shape index (κ1) is 13.9. The van der Waals surface area contributed by atoms with Crippen LogP contribution in [0.3, 0.4) is 0 Å². The molecule has 3 aromatic rings. The fourth-order valence-electron chi connectivity index (χ4n) is 3.25. The standard InChI is InChI=1S/C17H16N2OS2/c1-9-6-7-10(2)12(8-9)19-16(20)14-11-4-3-5-13(11)22-15(14)18-17(19)21/h6-8H,3-5H2,1-2H3,(H,18,21). The molecule has 0 radical (unpaired) electrons. The van der Waals surface area contributed by atoms with Gasteiger partial charge in [0.1, 0.15) is 4.83 Å². The maximum atomic E-state index is 13.1.